The summed E-state index contributed by atoms with van der Waals surface area (Å²) >= 11 is 6.17. The van der Waals surface area contributed by atoms with E-state index in [1.54, 1.807) is 19.2 Å². The molecule has 0 saturated carbocycles. The molecule has 1 aromatic heterocycles. The van der Waals surface area contributed by atoms with Crippen molar-refractivity contribution in [1.29, 1.82) is 0 Å². The Balaban J connectivity index is 1.14. The van der Waals surface area contributed by atoms with Gasteiger partial charge in [0.1, 0.15) is 17.6 Å². The van der Waals surface area contributed by atoms with Crippen molar-refractivity contribution in [1.82, 2.24) is 25.4 Å². The van der Waals surface area contributed by atoms with Crippen LogP contribution in [-0.4, -0.2) is 62.7 Å². The summed E-state index contributed by atoms with van der Waals surface area (Å²) in [4.78, 5) is 30.8. The summed E-state index contributed by atoms with van der Waals surface area (Å²) in [5.74, 6) is 0.727. The van der Waals surface area contributed by atoms with Crippen LogP contribution in [0.15, 0.2) is 77.8 Å². The molecule has 0 aliphatic carbocycles. The Kier molecular flexibility index (Phi) is 8.58. The van der Waals surface area contributed by atoms with Crippen molar-refractivity contribution in [3.05, 3.63) is 106 Å². The highest BCUT2D eigenvalue weighted by atomic mass is 35.5. The van der Waals surface area contributed by atoms with Crippen LogP contribution < -0.4 is 15.4 Å². The molecular weight excluding hydrogens is 608 g/mol. The van der Waals surface area contributed by atoms with Crippen molar-refractivity contribution in [3.8, 4) is 22.9 Å². The maximum Gasteiger partial charge on any atom is 0.239 e. The monoisotopic (exact) mass is 638 g/mol. The zero-order valence-corrected chi connectivity index (χ0v) is 25.9. The number of carbonyl (C=O) groups is 2. The first-order valence-electron chi connectivity index (χ1n) is 14.6. The molecule has 0 radical (unpaired) electrons. The predicted molar refractivity (Wildman–Crippen MR) is 174 cm³/mol. The van der Waals surface area contributed by atoms with Crippen molar-refractivity contribution in [2.45, 2.75) is 25.8 Å². The second-order valence-corrected chi connectivity index (χ2v) is 11.4. The molecular formula is C34H31ClN6O5. The second kappa shape index (κ2) is 12.9. The van der Waals surface area contributed by atoms with E-state index in [9.17, 15) is 19.8 Å². The number of benzene rings is 4. The van der Waals surface area contributed by atoms with Crippen LogP contribution in [0.1, 0.15) is 40.8 Å². The molecule has 5 aromatic rings. The smallest absolute Gasteiger partial charge is 0.239 e. The van der Waals surface area contributed by atoms with Crippen LogP contribution in [-0.2, 0) is 16.0 Å². The lowest BCUT2D eigenvalue weighted by molar-refractivity contribution is -0.126. The molecule has 1 atom stereocenters. The van der Waals surface area contributed by atoms with Crippen molar-refractivity contribution in [2.75, 3.05) is 20.2 Å². The third-order valence-electron chi connectivity index (χ3n) is 7.81. The highest BCUT2D eigenvalue weighted by molar-refractivity contribution is 6.30. The molecule has 2 heterocycles. The number of phenols is 2. The van der Waals surface area contributed by atoms with E-state index in [2.05, 4.69) is 20.8 Å². The lowest BCUT2D eigenvalue weighted by Crippen LogP contribution is -2.38. The summed E-state index contributed by atoms with van der Waals surface area (Å²) in [6.07, 6.45) is 0.481. The largest absolute Gasteiger partial charge is 0.504 e. The van der Waals surface area contributed by atoms with E-state index in [-0.39, 0.29) is 36.3 Å². The minimum absolute atomic E-state index is 0.0624. The summed E-state index contributed by atoms with van der Waals surface area (Å²) in [6, 6.07) is 20.9. The lowest BCUT2D eigenvalue weighted by atomic mass is 10.00. The highest BCUT2D eigenvalue weighted by Crippen LogP contribution is 2.35. The number of phenolic OH excluding ortho intramolecular Hbond substituents is 2. The Labute approximate surface area is 269 Å². The molecule has 1 aliphatic rings. The van der Waals surface area contributed by atoms with Crippen LogP contribution in [0.3, 0.4) is 0 Å². The van der Waals surface area contributed by atoms with Gasteiger partial charge in [-0.25, -0.2) is 0 Å². The Morgan fingerprint density at radius 1 is 0.913 bits per heavy atom. The van der Waals surface area contributed by atoms with Crippen molar-refractivity contribution < 1.29 is 24.5 Å². The maximum absolute atomic E-state index is 13.2. The Bertz CT molecular complexity index is 1990. The number of aliphatic imine (C=N–C) groups is 1. The number of amides is 2. The number of aromatic nitrogens is 3. The fraction of sp³-hybridized carbons (Fsp3) is 0.206. The number of nitrogens with one attached hydrogen (secondary N) is 2. The SMILES string of the molecule is COc1ccc2c(c1)C(c1ccc(Cl)cc1)=N[C@@H](CC(=O)NCC(=O)NCCc1ccc3cc(O)c(O)cc3c1)c1nnc(C)n1-2. The van der Waals surface area contributed by atoms with E-state index in [1.807, 2.05) is 60.0 Å². The number of hydrogen-bond acceptors (Lipinski definition) is 8. The lowest BCUT2D eigenvalue weighted by Gasteiger charge is -2.14. The third kappa shape index (κ3) is 6.36. The number of methoxy groups -OCH3 is 1. The van der Waals surface area contributed by atoms with Gasteiger partial charge < -0.3 is 25.6 Å². The van der Waals surface area contributed by atoms with Gasteiger partial charge in [-0.05, 0) is 72.1 Å². The molecule has 4 aromatic carbocycles. The van der Waals surface area contributed by atoms with Gasteiger partial charge in [-0.2, -0.15) is 0 Å². The first-order chi connectivity index (χ1) is 22.2. The van der Waals surface area contributed by atoms with Gasteiger partial charge >= 0.3 is 0 Å². The van der Waals surface area contributed by atoms with Gasteiger partial charge in [-0.15, -0.1) is 10.2 Å². The van der Waals surface area contributed by atoms with Gasteiger partial charge in [0.15, 0.2) is 17.3 Å². The van der Waals surface area contributed by atoms with E-state index in [1.165, 1.54) is 12.1 Å². The van der Waals surface area contributed by atoms with E-state index in [0.717, 1.165) is 33.2 Å². The van der Waals surface area contributed by atoms with Crippen LogP contribution >= 0.6 is 11.6 Å². The third-order valence-corrected chi connectivity index (χ3v) is 8.06. The first-order valence-corrected chi connectivity index (χ1v) is 15.0. The van der Waals surface area contributed by atoms with Crippen molar-refractivity contribution >= 4 is 39.9 Å². The minimum atomic E-state index is -0.692. The molecule has 1 aliphatic heterocycles. The Morgan fingerprint density at radius 3 is 2.43 bits per heavy atom. The normalized spacial score (nSPS) is 13.7. The number of nitrogens with zero attached hydrogens (tertiary/aromatic N) is 4. The highest BCUT2D eigenvalue weighted by Gasteiger charge is 2.30. The molecule has 11 nitrogen and oxygen atoms in total. The number of hydrogen-bond donors (Lipinski definition) is 4. The molecule has 0 saturated heterocycles. The molecule has 2 amide bonds. The molecule has 0 spiro atoms. The van der Waals surface area contributed by atoms with Gasteiger partial charge in [0.05, 0.1) is 31.5 Å². The van der Waals surface area contributed by atoms with Gasteiger partial charge in [-0.3, -0.25) is 19.1 Å². The maximum atomic E-state index is 13.2. The van der Waals surface area contributed by atoms with Crippen molar-refractivity contribution in [2.24, 2.45) is 4.99 Å². The van der Waals surface area contributed by atoms with Crippen LogP contribution in [0, 0.1) is 6.92 Å². The van der Waals surface area contributed by atoms with Gasteiger partial charge in [0.25, 0.3) is 0 Å². The number of aromatic hydroxyl groups is 2. The molecule has 0 unspecified atom stereocenters. The topological polar surface area (TPSA) is 151 Å². The molecule has 46 heavy (non-hydrogen) atoms. The Morgan fingerprint density at radius 2 is 1.67 bits per heavy atom. The number of carbonyl (C=O) groups excluding carboxylic acids is 2. The summed E-state index contributed by atoms with van der Waals surface area (Å²) in [7, 11) is 1.60. The Hall–Kier alpha value is -5.42. The summed E-state index contributed by atoms with van der Waals surface area (Å²) in [6.45, 7) is 1.99. The number of ether oxygens (including phenoxy) is 1. The second-order valence-electron chi connectivity index (χ2n) is 10.9. The van der Waals surface area contributed by atoms with Crippen LogP contribution in [0.25, 0.3) is 16.5 Å². The summed E-state index contributed by atoms with van der Waals surface area (Å²) in [5.41, 5.74) is 3.99. The van der Waals surface area contributed by atoms with E-state index >= 15 is 0 Å². The number of rotatable bonds is 9. The van der Waals surface area contributed by atoms with Crippen LogP contribution in [0.4, 0.5) is 0 Å². The minimum Gasteiger partial charge on any atom is -0.504 e. The summed E-state index contributed by atoms with van der Waals surface area (Å²) in [5, 5.41) is 35.9. The van der Waals surface area contributed by atoms with Gasteiger partial charge in [0, 0.05) is 22.7 Å². The molecule has 0 bridgehead atoms. The zero-order valence-electron chi connectivity index (χ0n) is 25.1. The molecule has 12 heteroatoms. The fourth-order valence-corrected chi connectivity index (χ4v) is 5.62. The molecule has 4 N–H and O–H groups in total. The number of aryl methyl sites for hydroxylation is 1. The number of fused-ring (bicyclic) bond motifs is 4. The quantitative estimate of drug-likeness (QED) is 0.173. The predicted octanol–water partition coefficient (Wildman–Crippen LogP) is 4.56. The number of halogens is 1. The first kappa shape index (κ1) is 30.6. The molecule has 234 valence electrons. The fourth-order valence-electron chi connectivity index (χ4n) is 5.49. The zero-order chi connectivity index (χ0) is 32.4. The van der Waals surface area contributed by atoms with Crippen molar-refractivity contribution in [3.63, 3.8) is 0 Å². The molecule has 6 rings (SSSR count). The van der Waals surface area contributed by atoms with Crippen LogP contribution in [0.2, 0.25) is 5.02 Å². The summed E-state index contributed by atoms with van der Waals surface area (Å²) < 4.78 is 7.40. The van der Waals surface area contributed by atoms with E-state index < -0.39 is 6.04 Å². The average molecular weight is 639 g/mol. The standard InChI is InChI=1S/C34H31ClN6O5/c1-19-39-40-34-27(38-33(21-5-7-24(35)8-6-21)26-16-25(46-2)9-10-28(26)41(19)34)17-31(44)37-18-32(45)36-12-11-20-3-4-22-14-29(42)30(43)15-23(22)13-20/h3-10,13-16,27,42-43H,11-12,17-18H2,1-2H3,(H,36,45)(H,37,44)/t27-/m0/s1. The average Bonchev–Trinajstić information content (AvgIpc) is 3.37. The molecule has 0 fully saturated rings. The van der Waals surface area contributed by atoms with E-state index in [0.29, 0.717) is 41.1 Å². The van der Waals surface area contributed by atoms with Crippen LogP contribution in [0.5, 0.6) is 17.2 Å². The van der Waals surface area contributed by atoms with Gasteiger partial charge in [-0.1, -0.05) is 41.9 Å². The van der Waals surface area contributed by atoms with E-state index in [4.69, 9.17) is 21.3 Å². The van der Waals surface area contributed by atoms with Gasteiger partial charge in [0.2, 0.25) is 11.8 Å².